The summed E-state index contributed by atoms with van der Waals surface area (Å²) < 4.78 is 0. The number of aromatic amines is 2. The molecule has 24 heavy (non-hydrogen) atoms. The summed E-state index contributed by atoms with van der Waals surface area (Å²) >= 11 is 6.46. The molecule has 2 N–H and O–H groups in total. The van der Waals surface area contributed by atoms with Crippen LogP contribution in [0.1, 0.15) is 31.9 Å². The van der Waals surface area contributed by atoms with Crippen LogP contribution in [0.3, 0.4) is 0 Å². The average molecular weight is 344 g/mol. The van der Waals surface area contributed by atoms with Crippen LogP contribution in [0.5, 0.6) is 0 Å². The lowest BCUT2D eigenvalue weighted by Gasteiger charge is -2.22. The molecule has 0 aliphatic carbocycles. The standard InChI is InChI=1S/C18H18ClN3O2/c1-9-5-11(18(2,3)4)12(19)6-10(9)13-7-15(23)16-14(21-13)8-20-22-17(16)24/h5-8H,1-4H3,(H,21,23)(H,22,24). The van der Waals surface area contributed by atoms with Gasteiger partial charge in [-0.25, -0.2) is 5.10 Å². The molecule has 0 radical (unpaired) electrons. The molecular weight excluding hydrogens is 326 g/mol. The largest absolute Gasteiger partial charge is 0.353 e. The van der Waals surface area contributed by atoms with Gasteiger partial charge in [0, 0.05) is 16.7 Å². The van der Waals surface area contributed by atoms with Gasteiger partial charge in [-0.2, -0.15) is 5.10 Å². The van der Waals surface area contributed by atoms with Gasteiger partial charge >= 0.3 is 0 Å². The summed E-state index contributed by atoms with van der Waals surface area (Å²) in [4.78, 5) is 27.2. The number of halogens is 1. The zero-order valence-electron chi connectivity index (χ0n) is 14.0. The lowest BCUT2D eigenvalue weighted by molar-refractivity contribution is 0.590. The van der Waals surface area contributed by atoms with Crippen molar-refractivity contribution < 1.29 is 0 Å². The van der Waals surface area contributed by atoms with E-state index in [1.807, 2.05) is 19.1 Å². The number of hydrogen-bond donors (Lipinski definition) is 2. The summed E-state index contributed by atoms with van der Waals surface area (Å²) in [5.74, 6) is 0. The Morgan fingerprint density at radius 1 is 1.12 bits per heavy atom. The van der Waals surface area contributed by atoms with Crippen molar-refractivity contribution in [1.82, 2.24) is 15.2 Å². The molecule has 0 amide bonds. The summed E-state index contributed by atoms with van der Waals surface area (Å²) in [6.45, 7) is 8.27. The van der Waals surface area contributed by atoms with Gasteiger partial charge in [-0.05, 0) is 29.5 Å². The molecule has 3 rings (SSSR count). The molecule has 6 heteroatoms. The van der Waals surface area contributed by atoms with Crippen LogP contribution in [0.15, 0.2) is 34.0 Å². The highest BCUT2D eigenvalue weighted by atomic mass is 35.5. The van der Waals surface area contributed by atoms with Gasteiger partial charge in [0.25, 0.3) is 5.56 Å². The molecule has 0 fully saturated rings. The highest BCUT2D eigenvalue weighted by molar-refractivity contribution is 6.31. The van der Waals surface area contributed by atoms with E-state index in [4.69, 9.17) is 11.6 Å². The summed E-state index contributed by atoms with van der Waals surface area (Å²) in [6.07, 6.45) is 1.43. The maximum Gasteiger partial charge on any atom is 0.277 e. The van der Waals surface area contributed by atoms with Gasteiger partial charge in [0.2, 0.25) is 0 Å². The Labute approximate surface area is 143 Å². The topological polar surface area (TPSA) is 78.6 Å². The Hall–Kier alpha value is -2.40. The van der Waals surface area contributed by atoms with Crippen LogP contribution in [0.2, 0.25) is 5.02 Å². The van der Waals surface area contributed by atoms with E-state index in [2.05, 4.69) is 36.0 Å². The van der Waals surface area contributed by atoms with Crippen LogP contribution < -0.4 is 11.0 Å². The molecule has 0 saturated carbocycles. The summed E-state index contributed by atoms with van der Waals surface area (Å²) in [5.41, 5.74) is 2.96. The number of nitrogens with one attached hydrogen (secondary N) is 2. The predicted molar refractivity (Wildman–Crippen MR) is 96.9 cm³/mol. The SMILES string of the molecule is Cc1cc(C(C)(C)C)c(Cl)cc1-c1cc(=O)c2c(=O)[nH]ncc2[nH]1. The van der Waals surface area contributed by atoms with Crippen LogP contribution in [0.25, 0.3) is 22.2 Å². The lowest BCUT2D eigenvalue weighted by atomic mass is 9.85. The van der Waals surface area contributed by atoms with Crippen molar-refractivity contribution in [2.75, 3.05) is 0 Å². The van der Waals surface area contributed by atoms with Crippen molar-refractivity contribution in [3.63, 3.8) is 0 Å². The van der Waals surface area contributed by atoms with Crippen molar-refractivity contribution in [3.05, 3.63) is 61.1 Å². The van der Waals surface area contributed by atoms with Crippen molar-refractivity contribution >= 4 is 22.5 Å². The molecule has 0 unspecified atom stereocenters. The van der Waals surface area contributed by atoms with Crippen molar-refractivity contribution in [1.29, 1.82) is 0 Å². The molecule has 1 aromatic carbocycles. The van der Waals surface area contributed by atoms with Crippen LogP contribution >= 0.6 is 11.6 Å². The fourth-order valence-corrected chi connectivity index (χ4v) is 3.26. The molecule has 2 heterocycles. The fourth-order valence-electron chi connectivity index (χ4n) is 2.81. The van der Waals surface area contributed by atoms with E-state index in [1.54, 1.807) is 0 Å². The first-order valence-electron chi connectivity index (χ1n) is 7.60. The summed E-state index contributed by atoms with van der Waals surface area (Å²) in [7, 11) is 0. The Bertz CT molecular complexity index is 1060. The van der Waals surface area contributed by atoms with Crippen LogP contribution in [0, 0.1) is 6.92 Å². The zero-order valence-corrected chi connectivity index (χ0v) is 14.7. The van der Waals surface area contributed by atoms with Gasteiger partial charge in [0.1, 0.15) is 5.39 Å². The number of aromatic nitrogens is 3. The number of aryl methyl sites for hydroxylation is 1. The highest BCUT2D eigenvalue weighted by Crippen LogP contribution is 2.34. The molecule has 0 aliphatic rings. The van der Waals surface area contributed by atoms with Gasteiger partial charge < -0.3 is 4.98 Å². The van der Waals surface area contributed by atoms with E-state index in [1.165, 1.54) is 12.3 Å². The number of fused-ring (bicyclic) bond motifs is 1. The third-order valence-corrected chi connectivity index (χ3v) is 4.37. The fraction of sp³-hybridized carbons (Fsp3) is 0.278. The molecule has 0 atom stereocenters. The molecule has 0 saturated heterocycles. The number of H-pyrrole nitrogens is 2. The van der Waals surface area contributed by atoms with Crippen molar-refractivity contribution in [2.24, 2.45) is 0 Å². The van der Waals surface area contributed by atoms with Gasteiger partial charge in [0.15, 0.2) is 5.43 Å². The third kappa shape index (κ3) is 2.76. The van der Waals surface area contributed by atoms with Crippen molar-refractivity contribution in [3.8, 4) is 11.3 Å². The number of nitrogens with zero attached hydrogens (tertiary/aromatic N) is 1. The van der Waals surface area contributed by atoms with Gasteiger partial charge in [-0.1, -0.05) is 38.4 Å². The number of rotatable bonds is 1. The monoisotopic (exact) mass is 343 g/mol. The zero-order chi connectivity index (χ0) is 17.6. The quantitative estimate of drug-likeness (QED) is 0.709. The Morgan fingerprint density at radius 3 is 2.50 bits per heavy atom. The second-order valence-electron chi connectivity index (χ2n) is 6.93. The first-order chi connectivity index (χ1) is 11.2. The van der Waals surface area contributed by atoms with E-state index in [0.717, 1.165) is 16.7 Å². The molecule has 3 aromatic rings. The average Bonchev–Trinajstić information content (AvgIpc) is 2.47. The number of pyridine rings is 1. The van der Waals surface area contributed by atoms with Crippen LogP contribution in [-0.4, -0.2) is 15.2 Å². The molecule has 2 aromatic heterocycles. The Balaban J connectivity index is 2.27. The van der Waals surface area contributed by atoms with E-state index >= 15 is 0 Å². The van der Waals surface area contributed by atoms with E-state index in [0.29, 0.717) is 16.2 Å². The maximum atomic E-state index is 12.3. The molecule has 124 valence electrons. The normalized spacial score (nSPS) is 11.9. The smallest absolute Gasteiger partial charge is 0.277 e. The van der Waals surface area contributed by atoms with E-state index < -0.39 is 5.56 Å². The second kappa shape index (κ2) is 5.60. The molecule has 5 nitrogen and oxygen atoms in total. The van der Waals surface area contributed by atoms with Gasteiger partial charge in [0.05, 0.1) is 17.4 Å². The Kier molecular flexibility index (Phi) is 3.84. The van der Waals surface area contributed by atoms with Gasteiger partial charge in [-0.15, -0.1) is 0 Å². The first kappa shape index (κ1) is 16.5. The highest BCUT2D eigenvalue weighted by Gasteiger charge is 2.19. The minimum Gasteiger partial charge on any atom is -0.353 e. The van der Waals surface area contributed by atoms with Crippen LogP contribution in [0.4, 0.5) is 0 Å². The second-order valence-corrected chi connectivity index (χ2v) is 7.34. The molecule has 0 spiro atoms. The van der Waals surface area contributed by atoms with E-state index in [9.17, 15) is 9.59 Å². The van der Waals surface area contributed by atoms with Crippen LogP contribution in [-0.2, 0) is 5.41 Å². The lowest BCUT2D eigenvalue weighted by Crippen LogP contribution is -2.17. The molecular formula is C18H18ClN3O2. The summed E-state index contributed by atoms with van der Waals surface area (Å²) in [5, 5.41) is 6.73. The Morgan fingerprint density at radius 2 is 1.83 bits per heavy atom. The first-order valence-corrected chi connectivity index (χ1v) is 7.98. The maximum absolute atomic E-state index is 12.3. The molecule has 0 bridgehead atoms. The molecule has 0 aliphatic heterocycles. The van der Waals surface area contributed by atoms with Crippen molar-refractivity contribution in [2.45, 2.75) is 33.1 Å². The summed E-state index contributed by atoms with van der Waals surface area (Å²) in [6, 6.07) is 5.32. The number of benzene rings is 1. The number of hydrogen-bond acceptors (Lipinski definition) is 3. The minimum absolute atomic E-state index is 0.0730. The van der Waals surface area contributed by atoms with Gasteiger partial charge in [-0.3, -0.25) is 9.59 Å². The predicted octanol–water partition coefficient (Wildman–Crippen LogP) is 3.54. The third-order valence-electron chi connectivity index (χ3n) is 4.06. The van der Waals surface area contributed by atoms with E-state index in [-0.39, 0.29) is 16.2 Å². The minimum atomic E-state index is -0.502.